The summed E-state index contributed by atoms with van der Waals surface area (Å²) in [6, 6.07) is 62.9. The maximum Gasteiger partial charge on any atom is 0.144 e. The predicted molar refractivity (Wildman–Crippen MR) is 180 cm³/mol. The molecule has 6 aromatic carbocycles. The fourth-order valence-electron chi connectivity index (χ4n) is 5.84. The molecule has 8 heteroatoms. The summed E-state index contributed by atoms with van der Waals surface area (Å²) in [7, 11) is -7.16. The van der Waals surface area contributed by atoms with Crippen molar-refractivity contribution in [2.45, 2.75) is 0 Å². The number of aromatic nitrogens is 2. The van der Waals surface area contributed by atoms with E-state index in [4.69, 9.17) is 23.6 Å². The number of nitrogens with zero attached hydrogens (tertiary/aromatic N) is 1. The average Bonchev–Trinajstić information content (AvgIpc) is 3.56. The Kier molecular flexibility index (Phi) is 9.71. The SMILES string of the molecule is [O-][Cl+3]([O-])([O-])[O-].c1ccc(-c2nc(-c3cccc([P+](c4ccccc4)(c4ccccc4)c4ccccc4)c3)[nH]c2-c2ccccc2)cc1. The molecule has 1 heterocycles. The molecule has 0 aliphatic carbocycles. The van der Waals surface area contributed by atoms with E-state index in [0.29, 0.717) is 0 Å². The van der Waals surface area contributed by atoms with Gasteiger partial charge < -0.3 is 4.98 Å². The van der Waals surface area contributed by atoms with E-state index in [2.05, 4.69) is 169 Å². The number of benzene rings is 6. The number of imidazole rings is 1. The highest BCUT2D eigenvalue weighted by Gasteiger charge is 2.47. The van der Waals surface area contributed by atoms with Crippen LogP contribution in [-0.4, -0.2) is 9.97 Å². The zero-order chi connectivity index (χ0) is 32.7. The van der Waals surface area contributed by atoms with Gasteiger partial charge in [0.1, 0.15) is 34.3 Å². The van der Waals surface area contributed by atoms with Crippen molar-refractivity contribution in [2.24, 2.45) is 0 Å². The van der Waals surface area contributed by atoms with Gasteiger partial charge >= 0.3 is 0 Å². The molecule has 0 aliphatic rings. The van der Waals surface area contributed by atoms with Gasteiger partial charge in [-0.25, -0.2) is 23.6 Å². The molecule has 7 rings (SSSR count). The molecule has 0 atom stereocenters. The van der Waals surface area contributed by atoms with Crippen molar-refractivity contribution in [3.8, 4) is 33.9 Å². The van der Waals surface area contributed by atoms with E-state index < -0.39 is 17.5 Å². The maximum absolute atomic E-state index is 8.49. The molecule has 0 aliphatic heterocycles. The second kappa shape index (κ2) is 14.2. The zero-order valence-electron chi connectivity index (χ0n) is 25.1. The summed E-state index contributed by atoms with van der Waals surface area (Å²) in [5.41, 5.74) is 5.26. The van der Waals surface area contributed by atoms with Crippen LogP contribution in [0, 0.1) is 10.2 Å². The van der Waals surface area contributed by atoms with Crippen LogP contribution in [0.4, 0.5) is 0 Å². The van der Waals surface area contributed by atoms with E-state index in [0.717, 1.165) is 33.9 Å². The molecular formula is C39H30ClN2O4P. The molecule has 6 nitrogen and oxygen atoms in total. The van der Waals surface area contributed by atoms with Gasteiger partial charge in [0.15, 0.2) is 0 Å². The van der Waals surface area contributed by atoms with Gasteiger partial charge in [-0.15, -0.1) is 10.2 Å². The van der Waals surface area contributed by atoms with Gasteiger partial charge in [0.05, 0.1) is 11.4 Å². The Morgan fingerprint density at radius 3 is 1.23 bits per heavy atom. The molecule has 232 valence electrons. The molecule has 1 N–H and O–H groups in total. The van der Waals surface area contributed by atoms with Crippen LogP contribution in [0.25, 0.3) is 33.9 Å². The predicted octanol–water partition coefficient (Wildman–Crippen LogP) is 3.27. The summed E-state index contributed by atoms with van der Waals surface area (Å²) in [6.07, 6.45) is 0. The molecule has 7 aromatic rings. The average molecular weight is 657 g/mol. The highest BCUT2D eigenvalue weighted by atomic mass is 35.7. The van der Waals surface area contributed by atoms with E-state index in [9.17, 15) is 0 Å². The van der Waals surface area contributed by atoms with Crippen molar-refractivity contribution in [1.82, 2.24) is 9.97 Å². The number of H-pyrrole nitrogens is 1. The van der Waals surface area contributed by atoms with E-state index >= 15 is 0 Å². The standard InChI is InChI=1S/C39H30N2P.ClHO4/c1-6-17-30(18-7-1)37-38(31-19-8-2-9-20-31)41-39(40-37)32-21-16-28-36(29-32)42(33-22-10-3-11-23-33,34-24-12-4-13-25-34)35-26-14-5-15-27-35;2-1(3,4)5/h1-29H,(H,40,41);(H,2,3,4,5)/q+1;/p-1. The monoisotopic (exact) mass is 656 g/mol. The van der Waals surface area contributed by atoms with Crippen LogP contribution in [0.3, 0.4) is 0 Å². The number of aromatic amines is 1. The molecule has 0 unspecified atom stereocenters. The minimum Gasteiger partial charge on any atom is -0.337 e. The molecular weight excluding hydrogens is 627 g/mol. The third-order valence-electron chi connectivity index (χ3n) is 7.75. The van der Waals surface area contributed by atoms with Gasteiger partial charge in [-0.3, -0.25) is 0 Å². The first kappa shape index (κ1) is 32.0. The summed E-state index contributed by atoms with van der Waals surface area (Å²) in [6.45, 7) is 0. The smallest absolute Gasteiger partial charge is 0.144 e. The molecule has 1 aromatic heterocycles. The highest BCUT2D eigenvalue weighted by molar-refractivity contribution is 8.01. The Hall–Kier alpha value is -4.91. The van der Waals surface area contributed by atoms with Gasteiger partial charge in [0.2, 0.25) is 0 Å². The second-order valence-corrected chi connectivity index (χ2v) is 14.8. The fourth-order valence-corrected chi connectivity index (χ4v) is 10.1. The Morgan fingerprint density at radius 1 is 0.426 bits per heavy atom. The molecule has 0 spiro atoms. The third-order valence-corrected chi connectivity index (χ3v) is 12.0. The zero-order valence-corrected chi connectivity index (χ0v) is 26.8. The highest BCUT2D eigenvalue weighted by Crippen LogP contribution is 2.54. The lowest BCUT2D eigenvalue weighted by Gasteiger charge is -2.27. The topological polar surface area (TPSA) is 121 Å². The van der Waals surface area contributed by atoms with Crippen molar-refractivity contribution in [3.05, 3.63) is 176 Å². The van der Waals surface area contributed by atoms with Crippen molar-refractivity contribution in [1.29, 1.82) is 0 Å². The van der Waals surface area contributed by atoms with Crippen molar-refractivity contribution in [3.63, 3.8) is 0 Å². The number of rotatable bonds is 7. The van der Waals surface area contributed by atoms with Crippen LogP contribution in [0.15, 0.2) is 176 Å². The molecule has 0 radical (unpaired) electrons. The number of hydrogen-bond acceptors (Lipinski definition) is 5. The lowest BCUT2D eigenvalue weighted by Crippen LogP contribution is -2.68. The number of hydrogen-bond donors (Lipinski definition) is 1. The van der Waals surface area contributed by atoms with E-state index in [1.807, 2.05) is 12.1 Å². The van der Waals surface area contributed by atoms with Crippen LogP contribution in [-0.2, 0) is 0 Å². The minimum absolute atomic E-state index is 0.863. The Balaban J connectivity index is 0.000000720. The summed E-state index contributed by atoms with van der Waals surface area (Å²) < 4.78 is 34.0. The van der Waals surface area contributed by atoms with Crippen LogP contribution >= 0.6 is 7.26 Å². The van der Waals surface area contributed by atoms with Gasteiger partial charge in [0.25, 0.3) is 0 Å². The van der Waals surface area contributed by atoms with Gasteiger partial charge in [-0.05, 0) is 48.5 Å². The normalized spacial score (nSPS) is 11.4. The van der Waals surface area contributed by atoms with Crippen molar-refractivity contribution < 1.29 is 28.9 Å². The first-order valence-corrected chi connectivity index (χ1v) is 17.9. The Bertz CT molecular complexity index is 1860. The lowest BCUT2D eigenvalue weighted by atomic mass is 10.1. The molecule has 0 bridgehead atoms. The molecule has 0 saturated heterocycles. The first-order chi connectivity index (χ1) is 22.8. The molecule has 0 saturated carbocycles. The van der Waals surface area contributed by atoms with E-state index in [1.54, 1.807) is 0 Å². The summed E-state index contributed by atoms with van der Waals surface area (Å²) >= 11 is 0. The third kappa shape index (κ3) is 7.25. The quantitative estimate of drug-likeness (QED) is 0.264. The number of halogens is 1. The van der Waals surface area contributed by atoms with E-state index in [-0.39, 0.29) is 0 Å². The van der Waals surface area contributed by atoms with Gasteiger partial charge in [-0.2, -0.15) is 0 Å². The van der Waals surface area contributed by atoms with Crippen LogP contribution in [0.5, 0.6) is 0 Å². The van der Waals surface area contributed by atoms with Crippen molar-refractivity contribution in [2.75, 3.05) is 0 Å². The second-order valence-electron chi connectivity index (χ2n) is 10.6. The minimum atomic E-state index is -4.94. The molecule has 47 heavy (non-hydrogen) atoms. The van der Waals surface area contributed by atoms with Gasteiger partial charge in [0, 0.05) is 16.7 Å². The first-order valence-electron chi connectivity index (χ1n) is 14.8. The summed E-state index contributed by atoms with van der Waals surface area (Å²) in [5, 5.41) is 5.28. The van der Waals surface area contributed by atoms with Crippen molar-refractivity contribution >= 4 is 28.5 Å². The van der Waals surface area contributed by atoms with Gasteiger partial charge in [-0.1, -0.05) is 127 Å². The van der Waals surface area contributed by atoms with Crippen LogP contribution in [0.1, 0.15) is 0 Å². The summed E-state index contributed by atoms with van der Waals surface area (Å²) in [5.74, 6) is 0.863. The maximum atomic E-state index is 8.49. The fraction of sp³-hybridized carbons (Fsp3) is 0. The molecule has 0 fully saturated rings. The largest absolute Gasteiger partial charge is 0.337 e. The van der Waals surface area contributed by atoms with Crippen LogP contribution in [0.2, 0.25) is 0 Å². The number of nitrogens with one attached hydrogen (secondary N) is 1. The Labute approximate surface area is 276 Å². The lowest BCUT2D eigenvalue weighted by molar-refractivity contribution is -2.00. The Morgan fingerprint density at radius 2 is 0.787 bits per heavy atom. The summed E-state index contributed by atoms with van der Waals surface area (Å²) in [4.78, 5) is 8.94. The van der Waals surface area contributed by atoms with E-state index in [1.165, 1.54) is 21.2 Å². The molecule has 0 amide bonds. The van der Waals surface area contributed by atoms with Crippen LogP contribution < -0.4 is 39.9 Å².